The second kappa shape index (κ2) is 9.05. The van der Waals surface area contributed by atoms with Crippen LogP contribution in [0.15, 0.2) is 53.3 Å². The Morgan fingerprint density at radius 1 is 0.973 bits per heavy atom. The number of nitrogens with zero attached hydrogens (tertiary/aromatic N) is 8. The standard InChI is InChI=1S/C25H27N9O3/c26-25-29-23-20(24-28-22(30-34(24)25)21-2-1-13-36-21)14-27-33(23)12-9-31-7-10-32(11-8-31)17-3-5-18(6-4-17)37-19-15-35-16-19/h1-6,13-14,19H,7-12,15-16H2,(H2,26,29). The van der Waals surface area contributed by atoms with E-state index < -0.39 is 0 Å². The molecule has 2 fully saturated rings. The normalized spacial score (nSPS) is 17.0. The van der Waals surface area contributed by atoms with Gasteiger partial charge in [0.25, 0.3) is 0 Å². The van der Waals surface area contributed by atoms with E-state index in [-0.39, 0.29) is 12.1 Å². The quantitative estimate of drug-likeness (QED) is 0.354. The molecule has 0 unspecified atom stereocenters. The largest absolute Gasteiger partial charge is 0.486 e. The van der Waals surface area contributed by atoms with Gasteiger partial charge in [-0.1, -0.05) is 0 Å². The number of piperazine rings is 1. The van der Waals surface area contributed by atoms with Crippen molar-refractivity contribution < 1.29 is 13.9 Å². The first kappa shape index (κ1) is 22.1. The molecular formula is C25H27N9O3. The molecular weight excluding hydrogens is 474 g/mol. The summed E-state index contributed by atoms with van der Waals surface area (Å²) in [4.78, 5) is 14.1. The molecule has 7 rings (SSSR count). The van der Waals surface area contributed by atoms with Crippen molar-refractivity contribution >= 4 is 28.3 Å². The summed E-state index contributed by atoms with van der Waals surface area (Å²) in [6, 6.07) is 12.0. The average molecular weight is 502 g/mol. The van der Waals surface area contributed by atoms with Gasteiger partial charge in [0.2, 0.25) is 11.8 Å². The van der Waals surface area contributed by atoms with Gasteiger partial charge in [-0.15, -0.1) is 5.10 Å². The van der Waals surface area contributed by atoms with Gasteiger partial charge in [-0.3, -0.25) is 4.90 Å². The van der Waals surface area contributed by atoms with Crippen molar-refractivity contribution in [2.75, 3.05) is 56.6 Å². The first-order chi connectivity index (χ1) is 18.2. The summed E-state index contributed by atoms with van der Waals surface area (Å²) in [5.41, 5.74) is 8.76. The average Bonchev–Trinajstić information content (AvgIpc) is 3.66. The van der Waals surface area contributed by atoms with Crippen LogP contribution in [0.2, 0.25) is 0 Å². The van der Waals surface area contributed by atoms with E-state index in [4.69, 9.17) is 19.6 Å². The second-order valence-electron chi connectivity index (χ2n) is 9.32. The third kappa shape index (κ3) is 4.13. The van der Waals surface area contributed by atoms with Crippen molar-refractivity contribution in [3.8, 4) is 17.3 Å². The van der Waals surface area contributed by atoms with Gasteiger partial charge in [-0.05, 0) is 36.4 Å². The molecule has 0 spiro atoms. The van der Waals surface area contributed by atoms with Crippen molar-refractivity contribution in [1.82, 2.24) is 34.3 Å². The highest BCUT2D eigenvalue weighted by Crippen LogP contribution is 2.25. The maximum absolute atomic E-state index is 6.22. The number of anilines is 2. The summed E-state index contributed by atoms with van der Waals surface area (Å²) in [5.74, 6) is 2.21. The topological polar surface area (TPSA) is 125 Å². The fourth-order valence-electron chi connectivity index (χ4n) is 4.81. The molecule has 12 nitrogen and oxygen atoms in total. The number of rotatable bonds is 7. The number of hydrogen-bond donors (Lipinski definition) is 1. The number of nitrogens with two attached hydrogens (primary N) is 1. The SMILES string of the molecule is Nc1nc2c(cnn2CCN2CCN(c3ccc(OC4COC4)cc3)CC2)c2nc(-c3ccco3)nn12. The van der Waals surface area contributed by atoms with E-state index >= 15 is 0 Å². The van der Waals surface area contributed by atoms with E-state index in [0.29, 0.717) is 42.6 Å². The van der Waals surface area contributed by atoms with Gasteiger partial charge in [0, 0.05) is 38.4 Å². The zero-order valence-corrected chi connectivity index (χ0v) is 20.2. The molecule has 2 aliphatic heterocycles. The van der Waals surface area contributed by atoms with Crippen molar-refractivity contribution in [2.45, 2.75) is 12.6 Å². The number of benzene rings is 1. The van der Waals surface area contributed by atoms with E-state index in [9.17, 15) is 0 Å². The van der Waals surface area contributed by atoms with E-state index in [1.165, 1.54) is 10.2 Å². The van der Waals surface area contributed by atoms with Crippen molar-refractivity contribution in [3.63, 3.8) is 0 Å². The summed E-state index contributed by atoms with van der Waals surface area (Å²) in [6.07, 6.45) is 3.56. The summed E-state index contributed by atoms with van der Waals surface area (Å²) < 4.78 is 19.9. The Hall–Kier alpha value is -4.16. The van der Waals surface area contributed by atoms with Crippen LogP contribution in [-0.2, 0) is 11.3 Å². The molecule has 37 heavy (non-hydrogen) atoms. The minimum atomic E-state index is 0.189. The fourth-order valence-corrected chi connectivity index (χ4v) is 4.81. The molecule has 12 heteroatoms. The third-order valence-corrected chi connectivity index (χ3v) is 6.95. The highest BCUT2D eigenvalue weighted by atomic mass is 16.6. The van der Waals surface area contributed by atoms with Gasteiger partial charge in [0.15, 0.2) is 17.1 Å². The molecule has 190 valence electrons. The first-order valence-electron chi connectivity index (χ1n) is 12.4. The lowest BCUT2D eigenvalue weighted by molar-refractivity contribution is -0.0796. The Labute approximate surface area is 212 Å². The Morgan fingerprint density at radius 2 is 1.81 bits per heavy atom. The highest BCUT2D eigenvalue weighted by Gasteiger charge is 2.22. The van der Waals surface area contributed by atoms with Gasteiger partial charge in [-0.2, -0.15) is 14.6 Å². The molecule has 6 heterocycles. The number of ether oxygens (including phenoxy) is 2. The molecule has 5 aromatic rings. The molecule has 0 radical (unpaired) electrons. The predicted octanol–water partition coefficient (Wildman–Crippen LogP) is 1.92. The van der Waals surface area contributed by atoms with Gasteiger partial charge >= 0.3 is 0 Å². The van der Waals surface area contributed by atoms with E-state index in [1.54, 1.807) is 18.5 Å². The Bertz CT molecular complexity index is 1510. The number of furan rings is 1. The third-order valence-electron chi connectivity index (χ3n) is 6.95. The van der Waals surface area contributed by atoms with Crippen LogP contribution in [0.3, 0.4) is 0 Å². The molecule has 2 aliphatic rings. The first-order valence-corrected chi connectivity index (χ1v) is 12.4. The lowest BCUT2D eigenvalue weighted by Crippen LogP contribution is -2.47. The summed E-state index contributed by atoms with van der Waals surface area (Å²) in [6.45, 7) is 6.84. The van der Waals surface area contributed by atoms with Crippen LogP contribution in [0.25, 0.3) is 28.3 Å². The van der Waals surface area contributed by atoms with Gasteiger partial charge in [-0.25, -0.2) is 9.67 Å². The number of aromatic nitrogens is 6. The monoisotopic (exact) mass is 501 g/mol. The maximum Gasteiger partial charge on any atom is 0.225 e. The van der Waals surface area contributed by atoms with Crippen LogP contribution in [-0.4, -0.2) is 86.3 Å². The summed E-state index contributed by atoms with van der Waals surface area (Å²) in [7, 11) is 0. The maximum atomic E-state index is 6.22. The van der Waals surface area contributed by atoms with Crippen molar-refractivity contribution in [3.05, 3.63) is 48.9 Å². The highest BCUT2D eigenvalue weighted by molar-refractivity contribution is 5.90. The van der Waals surface area contributed by atoms with Crippen LogP contribution in [0.5, 0.6) is 5.75 Å². The summed E-state index contributed by atoms with van der Waals surface area (Å²) >= 11 is 0. The molecule has 2 saturated heterocycles. The van der Waals surface area contributed by atoms with E-state index in [2.05, 4.69) is 42.1 Å². The van der Waals surface area contributed by atoms with E-state index in [0.717, 1.165) is 43.9 Å². The van der Waals surface area contributed by atoms with Crippen molar-refractivity contribution in [2.24, 2.45) is 0 Å². The molecule has 0 saturated carbocycles. The Kier molecular flexibility index (Phi) is 5.40. The molecule has 0 atom stereocenters. The second-order valence-corrected chi connectivity index (χ2v) is 9.32. The number of hydrogen-bond acceptors (Lipinski definition) is 10. The molecule has 0 bridgehead atoms. The minimum Gasteiger partial charge on any atom is -0.486 e. The van der Waals surface area contributed by atoms with Crippen LogP contribution in [0.1, 0.15) is 0 Å². The Balaban J connectivity index is 0.995. The van der Waals surface area contributed by atoms with Crippen LogP contribution < -0.4 is 15.4 Å². The Morgan fingerprint density at radius 3 is 2.54 bits per heavy atom. The van der Waals surface area contributed by atoms with Crippen molar-refractivity contribution in [1.29, 1.82) is 0 Å². The molecule has 2 N–H and O–H groups in total. The fraction of sp³-hybridized carbons (Fsp3) is 0.360. The van der Waals surface area contributed by atoms with Gasteiger partial charge in [0.05, 0.1) is 37.6 Å². The van der Waals surface area contributed by atoms with Gasteiger partial charge < -0.3 is 24.5 Å². The number of fused-ring (bicyclic) bond motifs is 3. The lowest BCUT2D eigenvalue weighted by atomic mass is 10.2. The molecule has 1 aromatic carbocycles. The zero-order valence-electron chi connectivity index (χ0n) is 20.2. The minimum absolute atomic E-state index is 0.189. The molecule has 0 amide bonds. The van der Waals surface area contributed by atoms with E-state index in [1.807, 2.05) is 22.9 Å². The lowest BCUT2D eigenvalue weighted by Gasteiger charge is -2.36. The van der Waals surface area contributed by atoms with Crippen LogP contribution in [0.4, 0.5) is 11.6 Å². The summed E-state index contributed by atoms with van der Waals surface area (Å²) in [5, 5.41) is 9.84. The zero-order chi connectivity index (χ0) is 24.8. The smallest absolute Gasteiger partial charge is 0.225 e. The van der Waals surface area contributed by atoms with Gasteiger partial charge in [0.1, 0.15) is 11.9 Å². The predicted molar refractivity (Wildman–Crippen MR) is 137 cm³/mol. The molecule has 4 aromatic heterocycles. The number of nitrogen functional groups attached to an aromatic ring is 1. The molecule has 0 aliphatic carbocycles. The van der Waals surface area contributed by atoms with Crippen LogP contribution >= 0.6 is 0 Å². The van der Waals surface area contributed by atoms with Crippen LogP contribution in [0, 0.1) is 0 Å².